The van der Waals surface area contributed by atoms with Crippen LogP contribution < -0.4 is 20.9 Å². The first-order valence-electron chi connectivity index (χ1n) is 8.27. The van der Waals surface area contributed by atoms with Gasteiger partial charge in [-0.15, -0.1) is 0 Å². The van der Waals surface area contributed by atoms with Gasteiger partial charge in [0, 0.05) is 17.6 Å². The highest BCUT2D eigenvalue weighted by molar-refractivity contribution is 6.31. The molecule has 0 atom stereocenters. The van der Waals surface area contributed by atoms with Gasteiger partial charge in [-0.05, 0) is 36.4 Å². The van der Waals surface area contributed by atoms with E-state index in [9.17, 15) is 14.4 Å². The van der Waals surface area contributed by atoms with E-state index in [4.69, 9.17) is 16.3 Å². The molecular formula is C19H17ClN4O4. The minimum atomic E-state index is -0.449. The summed E-state index contributed by atoms with van der Waals surface area (Å²) < 4.78 is 6.43. The smallest absolute Gasteiger partial charge is 0.261 e. The molecule has 8 nitrogen and oxygen atoms in total. The molecule has 2 aromatic carbocycles. The molecule has 1 aromatic heterocycles. The normalized spacial score (nSPS) is 10.5. The number of hydrogen-bond donors (Lipinski definition) is 2. The van der Waals surface area contributed by atoms with Gasteiger partial charge < -0.3 is 15.4 Å². The number of aromatic nitrogens is 2. The molecule has 9 heteroatoms. The quantitative estimate of drug-likeness (QED) is 0.685. The number of benzene rings is 2. The van der Waals surface area contributed by atoms with E-state index in [1.54, 1.807) is 36.4 Å². The van der Waals surface area contributed by atoms with Crippen LogP contribution in [0.25, 0.3) is 10.9 Å². The van der Waals surface area contributed by atoms with Crippen LogP contribution in [0.2, 0.25) is 5.02 Å². The fourth-order valence-electron chi connectivity index (χ4n) is 2.68. The summed E-state index contributed by atoms with van der Waals surface area (Å²) in [6.45, 7) is 1.15. The van der Waals surface area contributed by atoms with E-state index >= 15 is 0 Å². The van der Waals surface area contributed by atoms with Crippen molar-refractivity contribution in [2.24, 2.45) is 0 Å². The average Bonchev–Trinajstić information content (AvgIpc) is 2.64. The molecule has 0 radical (unpaired) electrons. The number of hydrogen-bond acceptors (Lipinski definition) is 5. The fourth-order valence-corrected chi connectivity index (χ4v) is 2.84. The van der Waals surface area contributed by atoms with Gasteiger partial charge in [0.1, 0.15) is 12.3 Å². The maximum Gasteiger partial charge on any atom is 0.261 e. The first kappa shape index (κ1) is 19.4. The SMILES string of the molecule is COc1ccc(NC(C)=O)cc1NC(=O)Cn1cnc2cc(Cl)ccc2c1=O. The van der Waals surface area contributed by atoms with Crippen molar-refractivity contribution in [3.05, 3.63) is 58.1 Å². The summed E-state index contributed by atoms with van der Waals surface area (Å²) in [4.78, 5) is 40.4. The standard InChI is InChI=1S/C19H17ClN4O4/c1-11(25)22-13-4-6-17(28-2)16(8-13)23-18(26)9-24-10-21-15-7-12(20)3-5-14(15)19(24)27/h3-8,10H,9H2,1-2H3,(H,22,25)(H,23,26). The number of nitrogens with one attached hydrogen (secondary N) is 2. The molecule has 3 aromatic rings. The van der Waals surface area contributed by atoms with E-state index in [1.165, 1.54) is 24.9 Å². The van der Waals surface area contributed by atoms with E-state index < -0.39 is 5.91 Å². The number of fused-ring (bicyclic) bond motifs is 1. The number of methoxy groups -OCH3 is 1. The number of nitrogens with zero attached hydrogens (tertiary/aromatic N) is 2. The molecule has 0 fully saturated rings. The first-order valence-corrected chi connectivity index (χ1v) is 8.65. The summed E-state index contributed by atoms with van der Waals surface area (Å²) in [7, 11) is 1.46. The van der Waals surface area contributed by atoms with Crippen molar-refractivity contribution >= 4 is 45.7 Å². The molecule has 3 rings (SSSR count). The predicted octanol–water partition coefficient (Wildman–Crippen LogP) is 2.66. The Balaban J connectivity index is 1.83. The highest BCUT2D eigenvalue weighted by Gasteiger charge is 2.12. The summed E-state index contributed by atoms with van der Waals surface area (Å²) in [5.74, 6) is -0.270. The molecule has 0 unspecified atom stereocenters. The number of carbonyl (C=O) groups excluding carboxylic acids is 2. The lowest BCUT2D eigenvalue weighted by Gasteiger charge is -2.13. The summed E-state index contributed by atoms with van der Waals surface area (Å²) in [5, 5.41) is 6.15. The van der Waals surface area contributed by atoms with Crippen LogP contribution in [-0.4, -0.2) is 28.5 Å². The van der Waals surface area contributed by atoms with Crippen molar-refractivity contribution < 1.29 is 14.3 Å². The Kier molecular flexibility index (Phi) is 5.60. The third-order valence-electron chi connectivity index (χ3n) is 3.90. The van der Waals surface area contributed by atoms with Crippen LogP contribution >= 0.6 is 11.6 Å². The molecule has 0 aliphatic heterocycles. The van der Waals surface area contributed by atoms with E-state index in [0.717, 1.165) is 0 Å². The van der Waals surface area contributed by atoms with Crippen molar-refractivity contribution in [3.63, 3.8) is 0 Å². The number of carbonyl (C=O) groups is 2. The zero-order chi connectivity index (χ0) is 20.3. The van der Waals surface area contributed by atoms with Crippen LogP contribution in [0.1, 0.15) is 6.92 Å². The second kappa shape index (κ2) is 8.10. The summed E-state index contributed by atoms with van der Waals surface area (Å²) >= 11 is 5.91. The second-order valence-corrected chi connectivity index (χ2v) is 6.42. The molecule has 0 saturated heterocycles. The number of halogens is 1. The van der Waals surface area contributed by atoms with Gasteiger partial charge >= 0.3 is 0 Å². The topological polar surface area (TPSA) is 102 Å². The second-order valence-electron chi connectivity index (χ2n) is 5.98. The fraction of sp³-hybridized carbons (Fsp3) is 0.158. The van der Waals surface area contributed by atoms with Crippen LogP contribution in [-0.2, 0) is 16.1 Å². The Hall–Kier alpha value is -3.39. The number of amides is 2. The molecule has 0 saturated carbocycles. The van der Waals surface area contributed by atoms with Crippen molar-refractivity contribution in [3.8, 4) is 5.75 Å². The number of ether oxygens (including phenoxy) is 1. The van der Waals surface area contributed by atoms with Gasteiger partial charge in [-0.3, -0.25) is 19.0 Å². The molecule has 28 heavy (non-hydrogen) atoms. The third-order valence-corrected chi connectivity index (χ3v) is 4.13. The minimum Gasteiger partial charge on any atom is -0.495 e. The van der Waals surface area contributed by atoms with Crippen molar-refractivity contribution in [1.29, 1.82) is 0 Å². The molecule has 144 valence electrons. The monoisotopic (exact) mass is 400 g/mol. The molecule has 1 heterocycles. The Bertz CT molecular complexity index is 1130. The van der Waals surface area contributed by atoms with Crippen molar-refractivity contribution in [2.75, 3.05) is 17.7 Å². The maximum absolute atomic E-state index is 12.6. The van der Waals surface area contributed by atoms with Crippen LogP contribution in [0.4, 0.5) is 11.4 Å². The van der Waals surface area contributed by atoms with Gasteiger partial charge in [-0.2, -0.15) is 0 Å². The van der Waals surface area contributed by atoms with Gasteiger partial charge in [0.05, 0.1) is 30.0 Å². The Morgan fingerprint density at radius 1 is 1.18 bits per heavy atom. The van der Waals surface area contributed by atoms with Gasteiger partial charge in [-0.1, -0.05) is 11.6 Å². The summed E-state index contributed by atoms with van der Waals surface area (Å²) in [6, 6.07) is 9.59. The zero-order valence-corrected chi connectivity index (χ0v) is 15.9. The largest absolute Gasteiger partial charge is 0.495 e. The van der Waals surface area contributed by atoms with Crippen LogP contribution in [0, 0.1) is 0 Å². The van der Waals surface area contributed by atoms with Crippen molar-refractivity contribution in [2.45, 2.75) is 13.5 Å². The lowest BCUT2D eigenvalue weighted by atomic mass is 10.2. The summed E-state index contributed by atoms with van der Waals surface area (Å²) in [6.07, 6.45) is 1.30. The van der Waals surface area contributed by atoms with Crippen LogP contribution in [0.5, 0.6) is 5.75 Å². The highest BCUT2D eigenvalue weighted by Crippen LogP contribution is 2.27. The van der Waals surface area contributed by atoms with Gasteiger partial charge in [0.15, 0.2) is 0 Å². The maximum atomic E-state index is 12.6. The molecule has 0 spiro atoms. The average molecular weight is 401 g/mol. The zero-order valence-electron chi connectivity index (χ0n) is 15.2. The molecule has 2 amide bonds. The first-order chi connectivity index (χ1) is 13.4. The predicted molar refractivity (Wildman–Crippen MR) is 107 cm³/mol. The van der Waals surface area contributed by atoms with Gasteiger partial charge in [-0.25, -0.2) is 4.98 Å². The lowest BCUT2D eigenvalue weighted by Crippen LogP contribution is -2.28. The molecule has 0 aliphatic carbocycles. The molecular weight excluding hydrogens is 384 g/mol. The Morgan fingerprint density at radius 2 is 1.96 bits per heavy atom. The van der Waals surface area contributed by atoms with E-state index in [2.05, 4.69) is 15.6 Å². The molecule has 0 aliphatic rings. The van der Waals surface area contributed by atoms with Crippen LogP contribution in [0.15, 0.2) is 47.5 Å². The van der Waals surface area contributed by atoms with E-state index in [1.807, 2.05) is 0 Å². The highest BCUT2D eigenvalue weighted by atomic mass is 35.5. The van der Waals surface area contributed by atoms with Gasteiger partial charge in [0.2, 0.25) is 11.8 Å². The molecule has 2 N–H and O–H groups in total. The minimum absolute atomic E-state index is 0.238. The van der Waals surface area contributed by atoms with Crippen LogP contribution in [0.3, 0.4) is 0 Å². The Morgan fingerprint density at radius 3 is 2.68 bits per heavy atom. The van der Waals surface area contributed by atoms with E-state index in [0.29, 0.717) is 33.0 Å². The molecule has 0 bridgehead atoms. The number of rotatable bonds is 5. The summed E-state index contributed by atoms with van der Waals surface area (Å²) in [5.41, 5.74) is 0.979. The third kappa shape index (κ3) is 4.29. The van der Waals surface area contributed by atoms with E-state index in [-0.39, 0.29) is 18.0 Å². The Labute approximate surface area is 165 Å². The lowest BCUT2D eigenvalue weighted by molar-refractivity contribution is -0.117. The van der Waals surface area contributed by atoms with Crippen molar-refractivity contribution in [1.82, 2.24) is 9.55 Å². The number of anilines is 2. The van der Waals surface area contributed by atoms with Gasteiger partial charge in [0.25, 0.3) is 5.56 Å².